The van der Waals surface area contributed by atoms with Crippen LogP contribution in [-0.2, 0) is 21.2 Å². The lowest BCUT2D eigenvalue weighted by Crippen LogP contribution is -2.45. The molecule has 1 amide bonds. The summed E-state index contributed by atoms with van der Waals surface area (Å²) in [5, 5.41) is 7.76. The molecule has 0 saturated carbocycles. The average molecular weight is 461 g/mol. The van der Waals surface area contributed by atoms with Gasteiger partial charge in [-0.2, -0.15) is 9.82 Å². The molecule has 0 radical (unpaired) electrons. The number of para-hydroxylation sites is 1. The third-order valence-electron chi connectivity index (χ3n) is 4.79. The van der Waals surface area contributed by atoms with Gasteiger partial charge >= 0.3 is 0 Å². The summed E-state index contributed by atoms with van der Waals surface area (Å²) in [4.78, 5) is 12.4. The van der Waals surface area contributed by atoms with Crippen molar-refractivity contribution in [2.45, 2.75) is 37.6 Å². The summed E-state index contributed by atoms with van der Waals surface area (Å²) in [7, 11) is -3.80. The molecule has 0 bridgehead atoms. The molecule has 9 heteroatoms. The van der Waals surface area contributed by atoms with Gasteiger partial charge in [0.1, 0.15) is 0 Å². The Morgan fingerprint density at radius 2 is 1.81 bits per heavy atom. The van der Waals surface area contributed by atoms with Crippen molar-refractivity contribution in [2.75, 3.05) is 6.54 Å². The molecule has 3 rings (SSSR count). The maximum Gasteiger partial charge on any atom is 0.241 e. The number of aromatic nitrogens is 2. The SMILES string of the molecule is Cc1nn(-c2ccccc2)cc1CCCNC(=O)[C@H](C)NS(=O)(=O)c1ccc(Cl)cc1. The molecule has 0 saturated heterocycles. The quantitative estimate of drug-likeness (QED) is 0.479. The van der Waals surface area contributed by atoms with Crippen molar-refractivity contribution in [1.29, 1.82) is 0 Å². The van der Waals surface area contributed by atoms with Crippen LogP contribution in [0.25, 0.3) is 5.69 Å². The third kappa shape index (κ3) is 6.16. The minimum atomic E-state index is -3.80. The standard InChI is InChI=1S/C22H25ClN4O3S/c1-16-18(15-27(25-16)20-8-4-3-5-9-20)7-6-14-24-22(28)17(2)26-31(29,30)21-12-10-19(23)11-13-21/h3-5,8-13,15,17,26H,6-7,14H2,1-2H3,(H,24,28)/t17-/m0/s1. The predicted octanol–water partition coefficient (Wildman–Crippen LogP) is 3.25. The Hall–Kier alpha value is -2.68. The van der Waals surface area contributed by atoms with Crippen molar-refractivity contribution in [1.82, 2.24) is 19.8 Å². The maximum absolute atomic E-state index is 12.4. The van der Waals surface area contributed by atoms with Crippen LogP contribution in [0.1, 0.15) is 24.6 Å². The van der Waals surface area contributed by atoms with Gasteiger partial charge in [-0.3, -0.25) is 4.79 Å². The number of sulfonamides is 1. The largest absolute Gasteiger partial charge is 0.355 e. The van der Waals surface area contributed by atoms with Gasteiger partial charge in [0, 0.05) is 17.8 Å². The van der Waals surface area contributed by atoms with Gasteiger partial charge in [0.05, 0.1) is 22.3 Å². The lowest BCUT2D eigenvalue weighted by Gasteiger charge is -2.14. The van der Waals surface area contributed by atoms with E-state index in [1.807, 2.05) is 48.1 Å². The Kier molecular flexibility index (Phi) is 7.48. The third-order valence-corrected chi connectivity index (χ3v) is 6.60. The summed E-state index contributed by atoms with van der Waals surface area (Å²) in [5.74, 6) is -0.380. The molecule has 1 aromatic heterocycles. The Bertz CT molecular complexity index is 1130. The number of carbonyl (C=O) groups is 1. The van der Waals surface area contributed by atoms with E-state index in [9.17, 15) is 13.2 Å². The number of amides is 1. The first-order valence-corrected chi connectivity index (χ1v) is 11.8. The lowest BCUT2D eigenvalue weighted by molar-refractivity contribution is -0.122. The average Bonchev–Trinajstić information content (AvgIpc) is 3.12. The van der Waals surface area contributed by atoms with E-state index in [-0.39, 0.29) is 10.8 Å². The van der Waals surface area contributed by atoms with E-state index in [2.05, 4.69) is 15.1 Å². The molecule has 0 unspecified atom stereocenters. The Morgan fingerprint density at radius 1 is 1.13 bits per heavy atom. The number of aryl methyl sites for hydroxylation is 2. The van der Waals surface area contributed by atoms with E-state index in [1.54, 1.807) is 0 Å². The zero-order valence-corrected chi connectivity index (χ0v) is 18.9. The van der Waals surface area contributed by atoms with Gasteiger partial charge in [-0.15, -0.1) is 0 Å². The van der Waals surface area contributed by atoms with E-state index >= 15 is 0 Å². The minimum absolute atomic E-state index is 0.0578. The zero-order valence-electron chi connectivity index (χ0n) is 17.4. The number of hydrogen-bond acceptors (Lipinski definition) is 4. The van der Waals surface area contributed by atoms with Gasteiger partial charge in [-0.25, -0.2) is 13.1 Å². The van der Waals surface area contributed by atoms with Gasteiger partial charge in [-0.1, -0.05) is 29.8 Å². The lowest BCUT2D eigenvalue weighted by atomic mass is 10.1. The molecule has 2 N–H and O–H groups in total. The first-order chi connectivity index (χ1) is 14.8. The number of rotatable bonds is 9. The van der Waals surface area contributed by atoms with Gasteiger partial charge in [0.25, 0.3) is 0 Å². The predicted molar refractivity (Wildman–Crippen MR) is 121 cm³/mol. The monoisotopic (exact) mass is 460 g/mol. The second-order valence-electron chi connectivity index (χ2n) is 7.21. The smallest absolute Gasteiger partial charge is 0.241 e. The van der Waals surface area contributed by atoms with Crippen LogP contribution in [0, 0.1) is 6.92 Å². The second-order valence-corrected chi connectivity index (χ2v) is 9.36. The molecular weight excluding hydrogens is 436 g/mol. The van der Waals surface area contributed by atoms with Crippen LogP contribution in [0.2, 0.25) is 5.02 Å². The molecule has 0 fully saturated rings. The summed E-state index contributed by atoms with van der Waals surface area (Å²) in [6, 6.07) is 14.7. The molecule has 2 aromatic carbocycles. The van der Waals surface area contributed by atoms with Crippen molar-refractivity contribution >= 4 is 27.5 Å². The van der Waals surface area contributed by atoms with Crippen molar-refractivity contribution < 1.29 is 13.2 Å². The van der Waals surface area contributed by atoms with Crippen LogP contribution in [-0.4, -0.2) is 36.7 Å². The van der Waals surface area contributed by atoms with E-state index in [1.165, 1.54) is 31.2 Å². The van der Waals surface area contributed by atoms with Crippen LogP contribution in [0.4, 0.5) is 0 Å². The Balaban J connectivity index is 1.48. The molecule has 0 aliphatic heterocycles. The molecule has 7 nitrogen and oxygen atoms in total. The summed E-state index contributed by atoms with van der Waals surface area (Å²) in [5.41, 5.74) is 3.04. The molecule has 3 aromatic rings. The van der Waals surface area contributed by atoms with Gasteiger partial charge in [0.15, 0.2) is 0 Å². The normalized spacial score (nSPS) is 12.5. The summed E-state index contributed by atoms with van der Waals surface area (Å²) in [6.45, 7) is 3.90. The highest BCUT2D eigenvalue weighted by Crippen LogP contribution is 2.15. The van der Waals surface area contributed by atoms with Crippen LogP contribution < -0.4 is 10.0 Å². The zero-order chi connectivity index (χ0) is 22.4. The fourth-order valence-electron chi connectivity index (χ4n) is 3.07. The second kappa shape index (κ2) is 10.1. The maximum atomic E-state index is 12.4. The molecule has 0 aliphatic rings. The summed E-state index contributed by atoms with van der Waals surface area (Å²) in [6.07, 6.45) is 3.46. The summed E-state index contributed by atoms with van der Waals surface area (Å²) < 4.78 is 29.0. The van der Waals surface area contributed by atoms with Crippen molar-refractivity contribution in [2.24, 2.45) is 0 Å². The van der Waals surface area contributed by atoms with Gasteiger partial charge < -0.3 is 5.32 Å². The molecule has 31 heavy (non-hydrogen) atoms. The molecule has 0 aliphatic carbocycles. The van der Waals surface area contributed by atoms with Gasteiger partial charge in [-0.05, 0) is 68.7 Å². The molecule has 164 valence electrons. The van der Waals surface area contributed by atoms with E-state index < -0.39 is 16.1 Å². The van der Waals surface area contributed by atoms with E-state index in [0.717, 1.165) is 23.4 Å². The number of nitrogens with zero attached hydrogens (tertiary/aromatic N) is 2. The molecule has 0 spiro atoms. The van der Waals surface area contributed by atoms with Crippen LogP contribution in [0.3, 0.4) is 0 Å². The van der Waals surface area contributed by atoms with E-state index in [0.29, 0.717) is 18.0 Å². The van der Waals surface area contributed by atoms with Crippen LogP contribution in [0.15, 0.2) is 65.7 Å². The number of carbonyl (C=O) groups excluding carboxylic acids is 1. The topological polar surface area (TPSA) is 93.1 Å². The fourth-order valence-corrected chi connectivity index (χ4v) is 4.39. The number of nitrogens with one attached hydrogen (secondary N) is 2. The van der Waals surface area contributed by atoms with Crippen molar-refractivity contribution in [3.05, 3.63) is 77.1 Å². The van der Waals surface area contributed by atoms with Crippen molar-refractivity contribution in [3.63, 3.8) is 0 Å². The highest BCUT2D eigenvalue weighted by molar-refractivity contribution is 7.89. The van der Waals surface area contributed by atoms with Crippen LogP contribution in [0.5, 0.6) is 0 Å². The first-order valence-electron chi connectivity index (χ1n) is 9.92. The highest BCUT2D eigenvalue weighted by atomic mass is 35.5. The van der Waals surface area contributed by atoms with Crippen molar-refractivity contribution in [3.8, 4) is 5.69 Å². The Labute approximate surface area is 187 Å². The molecule has 1 atom stereocenters. The Morgan fingerprint density at radius 3 is 2.48 bits per heavy atom. The minimum Gasteiger partial charge on any atom is -0.355 e. The number of benzene rings is 2. The number of hydrogen-bond donors (Lipinski definition) is 2. The van der Waals surface area contributed by atoms with E-state index in [4.69, 9.17) is 11.6 Å². The first kappa shape index (κ1) is 23.0. The van der Waals surface area contributed by atoms with Crippen LogP contribution >= 0.6 is 11.6 Å². The fraction of sp³-hybridized carbons (Fsp3) is 0.273. The molecule has 1 heterocycles. The number of halogens is 1. The van der Waals surface area contributed by atoms with Gasteiger partial charge in [0.2, 0.25) is 15.9 Å². The highest BCUT2D eigenvalue weighted by Gasteiger charge is 2.21. The summed E-state index contributed by atoms with van der Waals surface area (Å²) >= 11 is 5.79. The molecular formula is C22H25ClN4O3S.